The van der Waals surface area contributed by atoms with Gasteiger partial charge in [-0.1, -0.05) is 0 Å². The van der Waals surface area contributed by atoms with E-state index in [2.05, 4.69) is 0 Å². The van der Waals surface area contributed by atoms with Crippen molar-refractivity contribution in [2.75, 3.05) is 0 Å². The van der Waals surface area contributed by atoms with E-state index in [0.29, 0.717) is 5.75 Å². The SMILES string of the molecule is CC(C)Oc1ccc(C(=O)O)cc1O. The van der Waals surface area contributed by atoms with E-state index >= 15 is 0 Å². The largest absolute Gasteiger partial charge is 0.504 e. The summed E-state index contributed by atoms with van der Waals surface area (Å²) in [6.07, 6.45) is -0.0587. The minimum absolute atomic E-state index is 0.0404. The summed E-state index contributed by atoms with van der Waals surface area (Å²) in [7, 11) is 0. The lowest BCUT2D eigenvalue weighted by Gasteiger charge is -2.11. The number of carbonyl (C=O) groups is 1. The number of carboxylic acids is 1. The van der Waals surface area contributed by atoms with Gasteiger partial charge in [-0.3, -0.25) is 0 Å². The topological polar surface area (TPSA) is 66.8 Å². The molecule has 14 heavy (non-hydrogen) atoms. The fourth-order valence-electron chi connectivity index (χ4n) is 1.00. The van der Waals surface area contributed by atoms with Crippen molar-refractivity contribution in [3.8, 4) is 11.5 Å². The highest BCUT2D eigenvalue weighted by Gasteiger charge is 2.09. The van der Waals surface area contributed by atoms with E-state index in [1.807, 2.05) is 13.8 Å². The van der Waals surface area contributed by atoms with Gasteiger partial charge in [0.15, 0.2) is 11.5 Å². The normalized spacial score (nSPS) is 10.2. The molecule has 0 spiro atoms. The highest BCUT2D eigenvalue weighted by Crippen LogP contribution is 2.27. The van der Waals surface area contributed by atoms with Crippen molar-refractivity contribution in [2.24, 2.45) is 0 Å². The number of phenolic OH excluding ortho intramolecular Hbond substituents is 1. The highest BCUT2D eigenvalue weighted by molar-refractivity contribution is 5.88. The van der Waals surface area contributed by atoms with E-state index in [1.54, 1.807) is 0 Å². The average Bonchev–Trinajstić information content (AvgIpc) is 2.07. The molecule has 1 aromatic rings. The smallest absolute Gasteiger partial charge is 0.335 e. The minimum atomic E-state index is -1.07. The lowest BCUT2D eigenvalue weighted by Crippen LogP contribution is -2.06. The first-order valence-corrected chi connectivity index (χ1v) is 4.23. The summed E-state index contributed by atoms with van der Waals surface area (Å²) in [5.41, 5.74) is 0.0404. The van der Waals surface area contributed by atoms with Gasteiger partial charge in [-0.2, -0.15) is 0 Å². The quantitative estimate of drug-likeness (QED) is 0.774. The molecule has 0 radical (unpaired) electrons. The Morgan fingerprint density at radius 3 is 2.50 bits per heavy atom. The van der Waals surface area contributed by atoms with Crippen LogP contribution < -0.4 is 4.74 Å². The van der Waals surface area contributed by atoms with Gasteiger partial charge in [-0.15, -0.1) is 0 Å². The van der Waals surface area contributed by atoms with Crippen molar-refractivity contribution in [2.45, 2.75) is 20.0 Å². The summed E-state index contributed by atoms with van der Waals surface area (Å²) in [5.74, 6) is -0.931. The van der Waals surface area contributed by atoms with Gasteiger partial charge in [0.25, 0.3) is 0 Å². The van der Waals surface area contributed by atoms with Crippen LogP contribution in [-0.2, 0) is 0 Å². The molecule has 0 bridgehead atoms. The van der Waals surface area contributed by atoms with Gasteiger partial charge < -0.3 is 14.9 Å². The highest BCUT2D eigenvalue weighted by atomic mass is 16.5. The Labute approximate surface area is 81.8 Å². The number of aromatic carboxylic acids is 1. The summed E-state index contributed by atoms with van der Waals surface area (Å²) in [4.78, 5) is 10.5. The van der Waals surface area contributed by atoms with Crippen molar-refractivity contribution in [1.82, 2.24) is 0 Å². The van der Waals surface area contributed by atoms with Crippen LogP contribution in [0.15, 0.2) is 18.2 Å². The molecular formula is C10H12O4. The third-order valence-electron chi connectivity index (χ3n) is 1.57. The fourth-order valence-corrected chi connectivity index (χ4v) is 1.00. The van der Waals surface area contributed by atoms with Crippen LogP contribution in [0.4, 0.5) is 0 Å². The van der Waals surface area contributed by atoms with Gasteiger partial charge in [0.2, 0.25) is 0 Å². The summed E-state index contributed by atoms with van der Waals surface area (Å²) < 4.78 is 5.24. The van der Waals surface area contributed by atoms with E-state index in [9.17, 15) is 9.90 Å². The van der Waals surface area contributed by atoms with E-state index in [-0.39, 0.29) is 17.4 Å². The molecule has 0 unspecified atom stereocenters. The standard InChI is InChI=1S/C10H12O4/c1-6(2)14-9-4-3-7(10(12)13)5-8(9)11/h3-6,11H,1-2H3,(H,12,13). The number of phenols is 1. The molecule has 0 aliphatic heterocycles. The van der Waals surface area contributed by atoms with Crippen LogP contribution in [0.2, 0.25) is 0 Å². The van der Waals surface area contributed by atoms with Crippen LogP contribution in [0.25, 0.3) is 0 Å². The van der Waals surface area contributed by atoms with Crippen LogP contribution in [0.3, 0.4) is 0 Å². The molecular weight excluding hydrogens is 184 g/mol. The number of benzene rings is 1. The van der Waals surface area contributed by atoms with Crippen LogP contribution in [-0.4, -0.2) is 22.3 Å². The Hall–Kier alpha value is -1.71. The van der Waals surface area contributed by atoms with Crippen LogP contribution >= 0.6 is 0 Å². The van der Waals surface area contributed by atoms with Gasteiger partial charge in [0.1, 0.15) is 0 Å². The molecule has 0 heterocycles. The zero-order chi connectivity index (χ0) is 10.7. The Morgan fingerprint density at radius 1 is 1.43 bits per heavy atom. The number of rotatable bonds is 3. The van der Waals surface area contributed by atoms with Gasteiger partial charge in [-0.05, 0) is 32.0 Å². The van der Waals surface area contributed by atoms with Crippen molar-refractivity contribution in [3.63, 3.8) is 0 Å². The summed E-state index contributed by atoms with van der Waals surface area (Å²) >= 11 is 0. The molecule has 4 heteroatoms. The molecule has 2 N–H and O–H groups in total. The van der Waals surface area contributed by atoms with Gasteiger partial charge >= 0.3 is 5.97 Å². The minimum Gasteiger partial charge on any atom is -0.504 e. The van der Waals surface area contributed by atoms with Crippen LogP contribution in [0.1, 0.15) is 24.2 Å². The monoisotopic (exact) mass is 196 g/mol. The number of hydrogen-bond acceptors (Lipinski definition) is 3. The Morgan fingerprint density at radius 2 is 2.07 bits per heavy atom. The van der Waals surface area contributed by atoms with E-state index in [4.69, 9.17) is 9.84 Å². The lowest BCUT2D eigenvalue weighted by atomic mass is 10.2. The Kier molecular flexibility index (Phi) is 2.96. The van der Waals surface area contributed by atoms with Crippen molar-refractivity contribution < 1.29 is 19.7 Å². The number of ether oxygens (including phenoxy) is 1. The molecule has 4 nitrogen and oxygen atoms in total. The maximum atomic E-state index is 10.5. The van der Waals surface area contributed by atoms with Crippen molar-refractivity contribution in [1.29, 1.82) is 0 Å². The fraction of sp³-hybridized carbons (Fsp3) is 0.300. The molecule has 0 amide bonds. The van der Waals surface area contributed by atoms with Gasteiger partial charge in [0.05, 0.1) is 11.7 Å². The molecule has 0 aliphatic rings. The van der Waals surface area contributed by atoms with Gasteiger partial charge in [0, 0.05) is 0 Å². The molecule has 0 aromatic heterocycles. The first kappa shape index (κ1) is 10.4. The van der Waals surface area contributed by atoms with E-state index in [1.165, 1.54) is 18.2 Å². The van der Waals surface area contributed by atoms with Crippen molar-refractivity contribution >= 4 is 5.97 Å². The Bertz CT molecular complexity index is 344. The molecule has 0 fully saturated rings. The average molecular weight is 196 g/mol. The first-order valence-electron chi connectivity index (χ1n) is 4.23. The van der Waals surface area contributed by atoms with E-state index in [0.717, 1.165) is 0 Å². The van der Waals surface area contributed by atoms with Crippen LogP contribution in [0.5, 0.6) is 11.5 Å². The summed E-state index contributed by atoms with van der Waals surface area (Å²) in [5, 5.41) is 18.0. The first-order chi connectivity index (χ1) is 6.50. The summed E-state index contributed by atoms with van der Waals surface area (Å²) in [6, 6.07) is 4.00. The lowest BCUT2D eigenvalue weighted by molar-refractivity contribution is 0.0696. The van der Waals surface area contributed by atoms with Crippen molar-refractivity contribution in [3.05, 3.63) is 23.8 Å². The Balaban J connectivity index is 2.95. The molecule has 0 saturated carbocycles. The van der Waals surface area contributed by atoms with Crippen LogP contribution in [0, 0.1) is 0 Å². The maximum Gasteiger partial charge on any atom is 0.335 e. The van der Waals surface area contributed by atoms with Gasteiger partial charge in [-0.25, -0.2) is 4.79 Å². The third kappa shape index (κ3) is 2.39. The molecule has 0 aliphatic carbocycles. The zero-order valence-corrected chi connectivity index (χ0v) is 8.02. The number of carboxylic acid groups (broad SMARTS) is 1. The third-order valence-corrected chi connectivity index (χ3v) is 1.57. The predicted octanol–water partition coefficient (Wildman–Crippen LogP) is 1.88. The molecule has 76 valence electrons. The second-order valence-corrected chi connectivity index (χ2v) is 3.15. The summed E-state index contributed by atoms with van der Waals surface area (Å²) in [6.45, 7) is 3.65. The second-order valence-electron chi connectivity index (χ2n) is 3.15. The zero-order valence-electron chi connectivity index (χ0n) is 8.02. The molecule has 1 aromatic carbocycles. The maximum absolute atomic E-state index is 10.5. The molecule has 0 atom stereocenters. The number of aromatic hydroxyl groups is 1. The van der Waals surface area contributed by atoms with E-state index < -0.39 is 5.97 Å². The number of hydrogen-bond donors (Lipinski definition) is 2. The second kappa shape index (κ2) is 4.00. The predicted molar refractivity (Wildman–Crippen MR) is 50.8 cm³/mol. The molecule has 0 saturated heterocycles. The molecule has 1 rings (SSSR count).